The van der Waals surface area contributed by atoms with Crippen LogP contribution in [0.3, 0.4) is 0 Å². The monoisotopic (exact) mass is 252 g/mol. The third-order valence-electron chi connectivity index (χ3n) is 2.52. The Labute approximate surface area is 105 Å². The summed E-state index contributed by atoms with van der Waals surface area (Å²) in [4.78, 5) is 4.19. The van der Waals surface area contributed by atoms with Crippen LogP contribution < -0.4 is 0 Å². The second kappa shape index (κ2) is 5.22. The average molecular weight is 252 g/mol. The summed E-state index contributed by atoms with van der Waals surface area (Å²) in [5, 5.41) is 11.3. The Morgan fingerprint density at radius 3 is 2.88 bits per heavy atom. The molecule has 1 N–H and O–H groups in total. The molecular weight excluding hydrogens is 236 g/mol. The van der Waals surface area contributed by atoms with Gasteiger partial charge in [-0.1, -0.05) is 6.92 Å². The first kappa shape index (κ1) is 12.0. The zero-order valence-corrected chi connectivity index (χ0v) is 10.9. The molecule has 2 heterocycles. The van der Waals surface area contributed by atoms with Gasteiger partial charge >= 0.3 is 0 Å². The SMILES string of the molecule is CCCc1n[nH]c(=S)n1CCc1ncn(C)n1. The number of nitrogens with zero attached hydrogens (tertiary/aromatic N) is 5. The number of aryl methyl sites for hydroxylation is 3. The van der Waals surface area contributed by atoms with Gasteiger partial charge in [-0.2, -0.15) is 10.2 Å². The van der Waals surface area contributed by atoms with Crippen LogP contribution in [-0.4, -0.2) is 29.5 Å². The molecule has 0 bridgehead atoms. The van der Waals surface area contributed by atoms with E-state index in [0.29, 0.717) is 4.77 Å². The van der Waals surface area contributed by atoms with Gasteiger partial charge in [0.1, 0.15) is 12.2 Å². The van der Waals surface area contributed by atoms with Crippen molar-refractivity contribution in [1.29, 1.82) is 0 Å². The van der Waals surface area contributed by atoms with Gasteiger partial charge in [0, 0.05) is 26.4 Å². The van der Waals surface area contributed by atoms with Crippen LogP contribution in [0.4, 0.5) is 0 Å². The van der Waals surface area contributed by atoms with E-state index in [4.69, 9.17) is 12.2 Å². The molecule has 17 heavy (non-hydrogen) atoms. The number of aromatic nitrogens is 6. The standard InChI is InChI=1S/C10H16N6S/c1-3-4-9-12-13-10(17)16(9)6-5-8-11-7-15(2)14-8/h7H,3-6H2,1-2H3,(H,13,17). The number of nitrogens with one attached hydrogen (secondary N) is 1. The lowest BCUT2D eigenvalue weighted by Gasteiger charge is -2.03. The van der Waals surface area contributed by atoms with E-state index in [0.717, 1.165) is 37.5 Å². The highest BCUT2D eigenvalue weighted by Crippen LogP contribution is 2.03. The van der Waals surface area contributed by atoms with Crippen LogP contribution in [0, 0.1) is 4.77 Å². The van der Waals surface area contributed by atoms with Gasteiger partial charge in [-0.15, -0.1) is 0 Å². The van der Waals surface area contributed by atoms with Crippen LogP contribution in [0.5, 0.6) is 0 Å². The highest BCUT2D eigenvalue weighted by Gasteiger charge is 2.06. The Morgan fingerprint density at radius 1 is 1.41 bits per heavy atom. The molecule has 2 rings (SSSR count). The molecule has 0 saturated heterocycles. The number of rotatable bonds is 5. The molecule has 2 aromatic rings. The molecule has 0 atom stereocenters. The first-order valence-electron chi connectivity index (χ1n) is 5.69. The summed E-state index contributed by atoms with van der Waals surface area (Å²) in [5.41, 5.74) is 0. The quantitative estimate of drug-likeness (QED) is 0.814. The van der Waals surface area contributed by atoms with Gasteiger partial charge in [-0.3, -0.25) is 9.78 Å². The summed E-state index contributed by atoms with van der Waals surface area (Å²) in [5.74, 6) is 1.84. The minimum absolute atomic E-state index is 0.671. The van der Waals surface area contributed by atoms with Crippen LogP contribution in [0.2, 0.25) is 0 Å². The first-order valence-corrected chi connectivity index (χ1v) is 6.10. The molecule has 92 valence electrons. The van der Waals surface area contributed by atoms with E-state index in [1.807, 2.05) is 11.6 Å². The van der Waals surface area contributed by atoms with Gasteiger partial charge in [0.05, 0.1) is 0 Å². The summed E-state index contributed by atoms with van der Waals surface area (Å²) in [6.07, 6.45) is 4.46. The molecule has 0 aliphatic rings. The summed E-state index contributed by atoms with van der Waals surface area (Å²) < 4.78 is 4.40. The van der Waals surface area contributed by atoms with E-state index in [1.54, 1.807) is 11.0 Å². The van der Waals surface area contributed by atoms with E-state index in [9.17, 15) is 0 Å². The molecule has 0 fully saturated rings. The van der Waals surface area contributed by atoms with Crippen molar-refractivity contribution in [2.24, 2.45) is 7.05 Å². The van der Waals surface area contributed by atoms with Crippen molar-refractivity contribution in [3.63, 3.8) is 0 Å². The summed E-state index contributed by atoms with van der Waals surface area (Å²) in [6, 6.07) is 0. The average Bonchev–Trinajstić information content (AvgIpc) is 2.85. The van der Waals surface area contributed by atoms with Gasteiger partial charge in [0.15, 0.2) is 10.6 Å². The Balaban J connectivity index is 2.08. The Bertz CT molecular complexity index is 537. The predicted octanol–water partition coefficient (Wildman–Crippen LogP) is 1.26. The number of hydrogen-bond donors (Lipinski definition) is 1. The van der Waals surface area contributed by atoms with Crippen molar-refractivity contribution in [1.82, 2.24) is 29.5 Å². The minimum Gasteiger partial charge on any atom is -0.304 e. The van der Waals surface area contributed by atoms with Crippen molar-refractivity contribution in [2.75, 3.05) is 0 Å². The summed E-state index contributed by atoms with van der Waals surface area (Å²) >= 11 is 5.21. The third-order valence-corrected chi connectivity index (χ3v) is 2.83. The van der Waals surface area contributed by atoms with Gasteiger partial charge in [-0.05, 0) is 18.6 Å². The van der Waals surface area contributed by atoms with E-state index in [1.165, 1.54) is 0 Å². The van der Waals surface area contributed by atoms with Crippen molar-refractivity contribution in [2.45, 2.75) is 32.7 Å². The normalized spacial score (nSPS) is 10.9. The molecule has 0 aliphatic heterocycles. The smallest absolute Gasteiger partial charge is 0.195 e. The Hall–Kier alpha value is -1.50. The maximum atomic E-state index is 5.21. The lowest BCUT2D eigenvalue weighted by atomic mass is 10.3. The topological polar surface area (TPSA) is 64.3 Å². The fraction of sp³-hybridized carbons (Fsp3) is 0.600. The van der Waals surface area contributed by atoms with Gasteiger partial charge in [-0.25, -0.2) is 4.98 Å². The van der Waals surface area contributed by atoms with E-state index >= 15 is 0 Å². The molecule has 0 amide bonds. The number of H-pyrrole nitrogens is 1. The largest absolute Gasteiger partial charge is 0.304 e. The fourth-order valence-electron chi connectivity index (χ4n) is 1.71. The maximum Gasteiger partial charge on any atom is 0.195 e. The van der Waals surface area contributed by atoms with Crippen molar-refractivity contribution in [3.05, 3.63) is 22.7 Å². The Kier molecular flexibility index (Phi) is 3.68. The van der Waals surface area contributed by atoms with Crippen LogP contribution in [0.25, 0.3) is 0 Å². The Morgan fingerprint density at radius 2 is 2.24 bits per heavy atom. The maximum absolute atomic E-state index is 5.21. The van der Waals surface area contributed by atoms with Crippen LogP contribution in [0.1, 0.15) is 25.0 Å². The van der Waals surface area contributed by atoms with Gasteiger partial charge in [0.25, 0.3) is 0 Å². The van der Waals surface area contributed by atoms with Crippen LogP contribution in [0.15, 0.2) is 6.33 Å². The predicted molar refractivity (Wildman–Crippen MR) is 66.1 cm³/mol. The molecule has 2 aromatic heterocycles. The molecule has 0 saturated carbocycles. The van der Waals surface area contributed by atoms with E-state index < -0.39 is 0 Å². The molecule has 0 aliphatic carbocycles. The molecule has 0 unspecified atom stereocenters. The van der Waals surface area contributed by atoms with Gasteiger partial charge in [0.2, 0.25) is 0 Å². The molecule has 0 spiro atoms. The minimum atomic E-state index is 0.671. The van der Waals surface area contributed by atoms with Crippen molar-refractivity contribution in [3.8, 4) is 0 Å². The molecule has 7 heteroatoms. The first-order chi connectivity index (χ1) is 8.20. The second-order valence-corrected chi connectivity index (χ2v) is 4.32. The lowest BCUT2D eigenvalue weighted by molar-refractivity contribution is 0.616. The second-order valence-electron chi connectivity index (χ2n) is 3.93. The van der Waals surface area contributed by atoms with Crippen LogP contribution in [-0.2, 0) is 26.4 Å². The molecule has 0 radical (unpaired) electrons. The molecular formula is C10H16N6S. The zero-order valence-electron chi connectivity index (χ0n) is 10.1. The lowest BCUT2D eigenvalue weighted by Crippen LogP contribution is -2.07. The van der Waals surface area contributed by atoms with Crippen molar-refractivity contribution < 1.29 is 0 Å². The van der Waals surface area contributed by atoms with Crippen LogP contribution >= 0.6 is 12.2 Å². The summed E-state index contributed by atoms with van der Waals surface area (Å²) in [6.45, 7) is 2.90. The summed E-state index contributed by atoms with van der Waals surface area (Å²) in [7, 11) is 1.86. The highest BCUT2D eigenvalue weighted by atomic mass is 32.1. The van der Waals surface area contributed by atoms with Crippen molar-refractivity contribution >= 4 is 12.2 Å². The third kappa shape index (κ3) is 2.79. The fourth-order valence-corrected chi connectivity index (χ4v) is 1.95. The molecule has 0 aromatic carbocycles. The number of aromatic amines is 1. The van der Waals surface area contributed by atoms with Gasteiger partial charge < -0.3 is 4.57 Å². The highest BCUT2D eigenvalue weighted by molar-refractivity contribution is 7.71. The van der Waals surface area contributed by atoms with E-state index in [-0.39, 0.29) is 0 Å². The van der Waals surface area contributed by atoms with E-state index in [2.05, 4.69) is 27.2 Å². The zero-order chi connectivity index (χ0) is 12.3. The molecule has 6 nitrogen and oxygen atoms in total. The number of hydrogen-bond acceptors (Lipinski definition) is 4.